The van der Waals surface area contributed by atoms with Gasteiger partial charge in [-0.05, 0) is 29.8 Å². The van der Waals surface area contributed by atoms with Crippen LogP contribution in [-0.2, 0) is 11.3 Å². The summed E-state index contributed by atoms with van der Waals surface area (Å²) in [4.78, 5) is 28.1. The molecule has 3 rings (SSSR count). The van der Waals surface area contributed by atoms with Gasteiger partial charge in [0.2, 0.25) is 0 Å². The van der Waals surface area contributed by atoms with Crippen molar-refractivity contribution < 1.29 is 19.1 Å². The second-order valence-electron chi connectivity index (χ2n) is 5.40. The number of ether oxygens (including phenoxy) is 2. The predicted octanol–water partition coefficient (Wildman–Crippen LogP) is 1.98. The van der Waals surface area contributed by atoms with Gasteiger partial charge in [0.05, 0.1) is 25.3 Å². The van der Waals surface area contributed by atoms with Crippen molar-refractivity contribution in [2.24, 2.45) is 5.73 Å². The van der Waals surface area contributed by atoms with E-state index in [4.69, 9.17) is 15.2 Å². The highest BCUT2D eigenvalue weighted by Gasteiger charge is 2.20. The van der Waals surface area contributed by atoms with Crippen LogP contribution in [0.3, 0.4) is 0 Å². The minimum absolute atomic E-state index is 0.0853. The molecule has 0 saturated carbocycles. The molecule has 0 aliphatic heterocycles. The third kappa shape index (κ3) is 3.03. The minimum atomic E-state index is -0.666. The van der Waals surface area contributed by atoms with E-state index in [0.29, 0.717) is 17.6 Å². The van der Waals surface area contributed by atoms with Crippen LogP contribution in [0.15, 0.2) is 42.5 Å². The number of benzene rings is 2. The molecule has 0 aliphatic rings. The van der Waals surface area contributed by atoms with E-state index in [1.165, 1.54) is 7.11 Å². The number of aromatic nitrogens is 2. The Balaban J connectivity index is 2.13. The molecule has 0 fully saturated rings. The van der Waals surface area contributed by atoms with Gasteiger partial charge in [-0.2, -0.15) is 0 Å². The van der Waals surface area contributed by atoms with E-state index in [-0.39, 0.29) is 11.4 Å². The van der Waals surface area contributed by atoms with Gasteiger partial charge < -0.3 is 19.8 Å². The van der Waals surface area contributed by atoms with Gasteiger partial charge in [0, 0.05) is 6.54 Å². The largest absolute Gasteiger partial charge is 0.497 e. The standard InChI is InChI=1S/C18H17N3O4/c1-24-12-8-6-11(7-9-12)10-21-14-5-3-4-13(18(23)25-2)15(14)20-17(21)16(19)22/h3-9H,10H2,1-2H3,(H2,19,22). The molecule has 0 radical (unpaired) electrons. The van der Waals surface area contributed by atoms with Crippen molar-refractivity contribution in [1.29, 1.82) is 0 Å². The number of nitrogens with zero attached hydrogens (tertiary/aromatic N) is 2. The Kier molecular flexibility index (Phi) is 4.38. The van der Waals surface area contributed by atoms with E-state index in [1.807, 2.05) is 24.3 Å². The topological polar surface area (TPSA) is 96.4 Å². The summed E-state index contributed by atoms with van der Waals surface area (Å²) < 4.78 is 11.6. The number of primary amides is 1. The van der Waals surface area contributed by atoms with Crippen LogP contribution in [0.5, 0.6) is 5.75 Å². The highest BCUT2D eigenvalue weighted by atomic mass is 16.5. The van der Waals surface area contributed by atoms with Crippen LogP contribution in [0, 0.1) is 0 Å². The molecule has 0 bridgehead atoms. The van der Waals surface area contributed by atoms with Gasteiger partial charge in [-0.3, -0.25) is 4.79 Å². The van der Waals surface area contributed by atoms with E-state index >= 15 is 0 Å². The third-order valence-corrected chi connectivity index (χ3v) is 3.90. The minimum Gasteiger partial charge on any atom is -0.497 e. The molecular weight excluding hydrogens is 322 g/mol. The zero-order chi connectivity index (χ0) is 18.0. The summed E-state index contributed by atoms with van der Waals surface area (Å²) in [6.07, 6.45) is 0. The summed E-state index contributed by atoms with van der Waals surface area (Å²) >= 11 is 0. The Morgan fingerprint density at radius 2 is 1.84 bits per heavy atom. The monoisotopic (exact) mass is 339 g/mol. The van der Waals surface area contributed by atoms with Gasteiger partial charge in [0.25, 0.3) is 5.91 Å². The van der Waals surface area contributed by atoms with E-state index in [9.17, 15) is 9.59 Å². The quantitative estimate of drug-likeness (QED) is 0.717. The molecule has 2 N–H and O–H groups in total. The molecule has 1 heterocycles. The number of amides is 1. The van der Waals surface area contributed by atoms with Gasteiger partial charge >= 0.3 is 5.97 Å². The fraction of sp³-hybridized carbons (Fsp3) is 0.167. The number of rotatable bonds is 5. The zero-order valence-electron chi connectivity index (χ0n) is 13.9. The maximum Gasteiger partial charge on any atom is 0.340 e. The van der Waals surface area contributed by atoms with Gasteiger partial charge in [-0.15, -0.1) is 0 Å². The number of hydrogen-bond donors (Lipinski definition) is 1. The molecule has 128 valence electrons. The van der Waals surface area contributed by atoms with Crippen molar-refractivity contribution in [2.75, 3.05) is 14.2 Å². The number of methoxy groups -OCH3 is 2. The predicted molar refractivity (Wildman–Crippen MR) is 91.7 cm³/mol. The smallest absolute Gasteiger partial charge is 0.340 e. The van der Waals surface area contributed by atoms with Crippen molar-refractivity contribution in [3.8, 4) is 5.75 Å². The summed E-state index contributed by atoms with van der Waals surface area (Å²) in [5, 5.41) is 0. The fourth-order valence-corrected chi connectivity index (χ4v) is 2.68. The second kappa shape index (κ2) is 6.64. The van der Waals surface area contributed by atoms with Crippen molar-refractivity contribution in [2.45, 2.75) is 6.54 Å². The van der Waals surface area contributed by atoms with Crippen LogP contribution >= 0.6 is 0 Å². The highest BCUT2D eigenvalue weighted by molar-refractivity contribution is 6.04. The van der Waals surface area contributed by atoms with Crippen LogP contribution < -0.4 is 10.5 Å². The summed E-state index contributed by atoms with van der Waals surface area (Å²) in [5.41, 5.74) is 7.72. The number of fused-ring (bicyclic) bond motifs is 1. The molecule has 7 nitrogen and oxygen atoms in total. The van der Waals surface area contributed by atoms with Crippen molar-refractivity contribution in [3.05, 3.63) is 59.4 Å². The van der Waals surface area contributed by atoms with Crippen molar-refractivity contribution >= 4 is 22.9 Å². The highest BCUT2D eigenvalue weighted by Crippen LogP contribution is 2.23. The van der Waals surface area contributed by atoms with Gasteiger partial charge in [-0.25, -0.2) is 9.78 Å². The van der Waals surface area contributed by atoms with Gasteiger partial charge in [-0.1, -0.05) is 18.2 Å². The van der Waals surface area contributed by atoms with Crippen LogP contribution in [-0.4, -0.2) is 35.6 Å². The molecule has 3 aromatic rings. The zero-order valence-corrected chi connectivity index (χ0v) is 13.9. The molecule has 0 atom stereocenters. The first kappa shape index (κ1) is 16.5. The molecule has 0 spiro atoms. The van der Waals surface area contributed by atoms with E-state index in [2.05, 4.69) is 4.98 Å². The first-order valence-electron chi connectivity index (χ1n) is 7.55. The Hall–Kier alpha value is -3.35. The molecule has 0 saturated heterocycles. The maximum absolute atomic E-state index is 11.9. The SMILES string of the molecule is COC(=O)c1cccc2c1nc(C(N)=O)n2Cc1ccc(OC)cc1. The number of carbonyl (C=O) groups excluding carboxylic acids is 2. The fourth-order valence-electron chi connectivity index (χ4n) is 2.68. The lowest BCUT2D eigenvalue weighted by molar-refractivity contribution is 0.0602. The maximum atomic E-state index is 11.9. The second-order valence-corrected chi connectivity index (χ2v) is 5.40. The van der Waals surface area contributed by atoms with E-state index in [1.54, 1.807) is 29.9 Å². The summed E-state index contributed by atoms with van der Waals surface area (Å²) in [6.45, 7) is 0.378. The average Bonchev–Trinajstić information content (AvgIpc) is 3.00. The molecule has 1 aromatic heterocycles. The number of hydrogen-bond acceptors (Lipinski definition) is 5. The van der Waals surface area contributed by atoms with Crippen LogP contribution in [0.25, 0.3) is 11.0 Å². The lowest BCUT2D eigenvalue weighted by Crippen LogP contribution is -2.18. The first-order chi connectivity index (χ1) is 12.0. The molecule has 7 heteroatoms. The van der Waals surface area contributed by atoms with Gasteiger partial charge in [0.1, 0.15) is 11.3 Å². The van der Waals surface area contributed by atoms with Gasteiger partial charge in [0.15, 0.2) is 5.82 Å². The molecule has 0 aliphatic carbocycles. The van der Waals surface area contributed by atoms with Crippen molar-refractivity contribution in [1.82, 2.24) is 9.55 Å². The first-order valence-corrected chi connectivity index (χ1v) is 7.55. The number of para-hydroxylation sites is 1. The van der Waals surface area contributed by atoms with Crippen LogP contribution in [0.4, 0.5) is 0 Å². The van der Waals surface area contributed by atoms with Crippen molar-refractivity contribution in [3.63, 3.8) is 0 Å². The van der Waals surface area contributed by atoms with E-state index in [0.717, 1.165) is 11.3 Å². The lowest BCUT2D eigenvalue weighted by Gasteiger charge is -2.09. The Morgan fingerprint density at radius 3 is 2.44 bits per heavy atom. The van der Waals surface area contributed by atoms with E-state index < -0.39 is 11.9 Å². The normalized spacial score (nSPS) is 10.6. The molecule has 1 amide bonds. The molecule has 25 heavy (non-hydrogen) atoms. The Bertz CT molecular complexity index is 945. The number of nitrogens with two attached hydrogens (primary N) is 1. The lowest BCUT2D eigenvalue weighted by atomic mass is 10.1. The number of carbonyl (C=O) groups is 2. The van der Waals surface area contributed by atoms with Crippen LogP contribution in [0.2, 0.25) is 0 Å². The molecule has 0 unspecified atom stereocenters. The summed E-state index contributed by atoms with van der Waals surface area (Å²) in [6, 6.07) is 12.5. The van der Waals surface area contributed by atoms with Crippen LogP contribution in [0.1, 0.15) is 26.5 Å². The Labute approximate surface area is 144 Å². The average molecular weight is 339 g/mol. The number of imidazole rings is 1. The number of esters is 1. The third-order valence-electron chi connectivity index (χ3n) is 3.90. The molecule has 2 aromatic carbocycles. The Morgan fingerprint density at radius 1 is 1.12 bits per heavy atom. The molecular formula is C18H17N3O4. The summed E-state index contributed by atoms with van der Waals surface area (Å²) in [5.74, 6) is -0.360. The summed E-state index contributed by atoms with van der Waals surface area (Å²) in [7, 11) is 2.89.